The molecule has 7 nitrogen and oxygen atoms in total. The summed E-state index contributed by atoms with van der Waals surface area (Å²) in [5.41, 5.74) is 1.97. The van der Waals surface area contributed by atoms with Gasteiger partial charge >= 0.3 is 0 Å². The van der Waals surface area contributed by atoms with Gasteiger partial charge in [-0.1, -0.05) is 18.2 Å². The van der Waals surface area contributed by atoms with Crippen LogP contribution in [-0.4, -0.2) is 54.0 Å². The molecule has 0 atom stereocenters. The van der Waals surface area contributed by atoms with Crippen molar-refractivity contribution in [2.24, 2.45) is 0 Å². The third-order valence-corrected chi connectivity index (χ3v) is 4.78. The second-order valence-electron chi connectivity index (χ2n) is 6.64. The molecule has 3 heterocycles. The summed E-state index contributed by atoms with van der Waals surface area (Å²) in [5, 5.41) is 0. The van der Waals surface area contributed by atoms with E-state index in [-0.39, 0.29) is 5.91 Å². The summed E-state index contributed by atoms with van der Waals surface area (Å²) < 4.78 is 16.5. The van der Waals surface area contributed by atoms with Gasteiger partial charge in [0.1, 0.15) is 30.4 Å². The van der Waals surface area contributed by atoms with Crippen molar-refractivity contribution in [2.45, 2.75) is 26.1 Å². The summed E-state index contributed by atoms with van der Waals surface area (Å²) in [7, 11) is 1.61. The first kappa shape index (κ1) is 17.1. The van der Waals surface area contributed by atoms with Gasteiger partial charge < -0.3 is 18.8 Å². The fourth-order valence-electron chi connectivity index (χ4n) is 3.46. The van der Waals surface area contributed by atoms with Crippen LogP contribution < -0.4 is 4.74 Å². The third kappa shape index (κ3) is 3.59. The van der Waals surface area contributed by atoms with Crippen molar-refractivity contribution in [1.29, 1.82) is 0 Å². The van der Waals surface area contributed by atoms with Gasteiger partial charge in [0, 0.05) is 38.7 Å². The highest BCUT2D eigenvalue weighted by Gasteiger charge is 2.27. The lowest BCUT2D eigenvalue weighted by atomic mass is 10.1. The molecule has 0 bridgehead atoms. The highest BCUT2D eigenvalue weighted by molar-refractivity contribution is 5.78. The molecule has 0 radical (unpaired) electrons. The van der Waals surface area contributed by atoms with Crippen molar-refractivity contribution in [3.05, 3.63) is 47.2 Å². The predicted molar refractivity (Wildman–Crippen MR) is 93.6 cm³/mol. The van der Waals surface area contributed by atoms with E-state index in [0.29, 0.717) is 45.2 Å². The zero-order valence-electron chi connectivity index (χ0n) is 14.9. The maximum absolute atomic E-state index is 12.8. The second-order valence-corrected chi connectivity index (χ2v) is 6.64. The molecular weight excluding hydrogens is 334 g/mol. The number of amides is 1. The minimum atomic E-state index is 0.117. The van der Waals surface area contributed by atoms with Crippen molar-refractivity contribution in [3.8, 4) is 5.75 Å². The molecule has 4 rings (SSSR count). The third-order valence-electron chi connectivity index (χ3n) is 4.78. The Labute approximate surface area is 152 Å². The molecule has 2 aromatic rings. The van der Waals surface area contributed by atoms with Crippen molar-refractivity contribution >= 4 is 5.91 Å². The number of fused-ring (bicyclic) bond motifs is 2. The fraction of sp³-hybridized carbons (Fsp3) is 0.474. The summed E-state index contributed by atoms with van der Waals surface area (Å²) in [4.78, 5) is 21.2. The summed E-state index contributed by atoms with van der Waals surface area (Å²) >= 11 is 0. The van der Waals surface area contributed by atoms with Gasteiger partial charge in [0.05, 0.1) is 13.1 Å². The van der Waals surface area contributed by atoms with Gasteiger partial charge in [0.15, 0.2) is 0 Å². The standard InChI is InChI=1S/C19H23N3O4/c1-24-13-18-20-15-11-22(7-6-17(15)26-18)19(23)12-21-8-9-25-16-5-3-2-4-14(16)10-21/h2-5H,6-13H2,1H3. The molecule has 0 saturated carbocycles. The number of carbonyl (C=O) groups is 1. The van der Waals surface area contributed by atoms with Crippen molar-refractivity contribution < 1.29 is 18.7 Å². The number of rotatable bonds is 4. The summed E-state index contributed by atoms with van der Waals surface area (Å²) in [6.45, 7) is 3.96. The van der Waals surface area contributed by atoms with Gasteiger partial charge in [-0.05, 0) is 6.07 Å². The van der Waals surface area contributed by atoms with E-state index >= 15 is 0 Å². The average Bonchev–Trinajstić information content (AvgIpc) is 2.93. The van der Waals surface area contributed by atoms with Crippen molar-refractivity contribution in [3.63, 3.8) is 0 Å². The largest absolute Gasteiger partial charge is 0.492 e. The van der Waals surface area contributed by atoms with Crippen molar-refractivity contribution in [1.82, 2.24) is 14.8 Å². The molecule has 2 aliphatic heterocycles. The summed E-state index contributed by atoms with van der Waals surface area (Å²) in [5.74, 6) is 2.48. The van der Waals surface area contributed by atoms with Crippen LogP contribution in [0.15, 0.2) is 28.7 Å². The molecule has 0 unspecified atom stereocenters. The van der Waals surface area contributed by atoms with Crippen LogP contribution >= 0.6 is 0 Å². The number of carbonyl (C=O) groups excluding carboxylic acids is 1. The SMILES string of the molecule is COCc1nc2c(o1)CCN(C(=O)CN1CCOc3ccccc3C1)C2. The van der Waals surface area contributed by atoms with E-state index in [0.717, 1.165) is 35.9 Å². The number of nitrogens with zero attached hydrogens (tertiary/aromatic N) is 3. The van der Waals surface area contributed by atoms with E-state index in [4.69, 9.17) is 13.9 Å². The minimum Gasteiger partial charge on any atom is -0.492 e. The van der Waals surface area contributed by atoms with Gasteiger partial charge in [0.25, 0.3) is 0 Å². The van der Waals surface area contributed by atoms with Crippen LogP contribution in [0, 0.1) is 0 Å². The molecule has 2 aliphatic rings. The first-order chi connectivity index (χ1) is 12.7. The Morgan fingerprint density at radius 2 is 2.15 bits per heavy atom. The molecule has 0 saturated heterocycles. The zero-order chi connectivity index (χ0) is 17.9. The Morgan fingerprint density at radius 1 is 1.27 bits per heavy atom. The second kappa shape index (κ2) is 7.47. The number of hydrogen-bond acceptors (Lipinski definition) is 6. The lowest BCUT2D eigenvalue weighted by molar-refractivity contribution is -0.133. The Balaban J connectivity index is 1.39. The van der Waals surface area contributed by atoms with Crippen molar-refractivity contribution in [2.75, 3.05) is 33.4 Å². The quantitative estimate of drug-likeness (QED) is 0.828. The molecule has 7 heteroatoms. The van der Waals surface area contributed by atoms with E-state index in [9.17, 15) is 4.79 Å². The molecule has 0 spiro atoms. The van der Waals surface area contributed by atoms with Crippen LogP contribution in [0.4, 0.5) is 0 Å². The molecular formula is C19H23N3O4. The highest BCUT2D eigenvalue weighted by atomic mass is 16.5. The topological polar surface area (TPSA) is 68.0 Å². The van der Waals surface area contributed by atoms with Crippen LogP contribution in [0.25, 0.3) is 0 Å². The lowest BCUT2D eigenvalue weighted by Gasteiger charge is -2.28. The van der Waals surface area contributed by atoms with E-state index in [1.54, 1.807) is 7.11 Å². The first-order valence-electron chi connectivity index (χ1n) is 8.90. The number of benzene rings is 1. The number of methoxy groups -OCH3 is 1. The van der Waals surface area contributed by atoms with Crippen LogP contribution in [0.1, 0.15) is 22.9 Å². The fourth-order valence-corrected chi connectivity index (χ4v) is 3.46. The minimum absolute atomic E-state index is 0.117. The average molecular weight is 357 g/mol. The Morgan fingerprint density at radius 3 is 3.04 bits per heavy atom. The van der Waals surface area contributed by atoms with Crippen LogP contribution in [0.3, 0.4) is 0 Å². The Bertz CT molecular complexity index is 789. The maximum Gasteiger partial charge on any atom is 0.237 e. The van der Waals surface area contributed by atoms with E-state index < -0.39 is 0 Å². The highest BCUT2D eigenvalue weighted by Crippen LogP contribution is 2.23. The molecule has 1 aromatic carbocycles. The van der Waals surface area contributed by atoms with E-state index in [1.165, 1.54) is 0 Å². The Hall–Kier alpha value is -2.38. The summed E-state index contributed by atoms with van der Waals surface area (Å²) in [6.07, 6.45) is 0.698. The molecule has 0 N–H and O–H groups in total. The number of ether oxygens (including phenoxy) is 2. The molecule has 138 valence electrons. The molecule has 0 aliphatic carbocycles. The van der Waals surface area contributed by atoms with Crippen LogP contribution in [0.5, 0.6) is 5.75 Å². The van der Waals surface area contributed by atoms with Gasteiger partial charge in [0.2, 0.25) is 11.8 Å². The predicted octanol–water partition coefficient (Wildman–Crippen LogP) is 1.60. The maximum atomic E-state index is 12.8. The number of hydrogen-bond donors (Lipinski definition) is 0. The summed E-state index contributed by atoms with van der Waals surface area (Å²) in [6, 6.07) is 8.01. The number of aromatic nitrogens is 1. The zero-order valence-corrected chi connectivity index (χ0v) is 14.9. The van der Waals surface area contributed by atoms with Gasteiger partial charge in [-0.3, -0.25) is 9.69 Å². The van der Waals surface area contributed by atoms with Crippen LogP contribution in [-0.2, 0) is 35.6 Å². The van der Waals surface area contributed by atoms with Crippen LogP contribution in [0.2, 0.25) is 0 Å². The molecule has 26 heavy (non-hydrogen) atoms. The monoisotopic (exact) mass is 357 g/mol. The normalized spacial score (nSPS) is 17.2. The lowest BCUT2D eigenvalue weighted by Crippen LogP contribution is -2.43. The smallest absolute Gasteiger partial charge is 0.237 e. The molecule has 1 amide bonds. The van der Waals surface area contributed by atoms with E-state index in [2.05, 4.69) is 16.0 Å². The first-order valence-corrected chi connectivity index (χ1v) is 8.90. The van der Waals surface area contributed by atoms with Gasteiger partial charge in [-0.15, -0.1) is 0 Å². The molecule has 1 aromatic heterocycles. The number of oxazole rings is 1. The van der Waals surface area contributed by atoms with E-state index in [1.807, 2.05) is 23.1 Å². The van der Waals surface area contributed by atoms with Gasteiger partial charge in [-0.2, -0.15) is 0 Å². The molecule has 0 fully saturated rings. The Kier molecular flexibility index (Phi) is 4.90. The number of para-hydroxylation sites is 1. The van der Waals surface area contributed by atoms with Gasteiger partial charge in [-0.25, -0.2) is 4.98 Å².